The topological polar surface area (TPSA) is 26.3 Å². The molecule has 2 rings (SSSR count). The summed E-state index contributed by atoms with van der Waals surface area (Å²) in [5, 5.41) is 1.85. The second-order valence-electron chi connectivity index (χ2n) is 3.27. The first kappa shape index (κ1) is 12.8. The molecule has 1 aromatic carbocycles. The summed E-state index contributed by atoms with van der Waals surface area (Å²) in [4.78, 5) is 12.9. The standard InChI is InChI=1S/C12H8Br2O2S/c1-16-10-4-5-17-12(10)11(15)8-3-2-7(13)6-9(8)14/h2-6H,1H3. The van der Waals surface area contributed by atoms with Crippen molar-refractivity contribution < 1.29 is 9.53 Å². The van der Waals surface area contributed by atoms with Crippen LogP contribution in [0.2, 0.25) is 0 Å². The number of carbonyl (C=O) groups is 1. The van der Waals surface area contributed by atoms with Gasteiger partial charge in [0.15, 0.2) is 0 Å². The van der Waals surface area contributed by atoms with Crippen LogP contribution in [-0.2, 0) is 0 Å². The van der Waals surface area contributed by atoms with Crippen molar-refractivity contribution in [2.75, 3.05) is 7.11 Å². The highest BCUT2D eigenvalue weighted by Gasteiger charge is 2.18. The first-order chi connectivity index (χ1) is 8.13. The van der Waals surface area contributed by atoms with Gasteiger partial charge in [0, 0.05) is 14.5 Å². The number of hydrogen-bond donors (Lipinski definition) is 0. The molecule has 0 spiro atoms. The monoisotopic (exact) mass is 374 g/mol. The van der Waals surface area contributed by atoms with E-state index in [-0.39, 0.29) is 5.78 Å². The summed E-state index contributed by atoms with van der Waals surface area (Å²) in [7, 11) is 1.56. The highest BCUT2D eigenvalue weighted by Crippen LogP contribution is 2.30. The Morgan fingerprint density at radius 2 is 2.06 bits per heavy atom. The van der Waals surface area contributed by atoms with E-state index in [0.717, 1.165) is 8.95 Å². The van der Waals surface area contributed by atoms with Crippen molar-refractivity contribution in [1.29, 1.82) is 0 Å². The van der Waals surface area contributed by atoms with Gasteiger partial charge in [-0.1, -0.05) is 15.9 Å². The summed E-state index contributed by atoms with van der Waals surface area (Å²) in [6, 6.07) is 7.28. The van der Waals surface area contributed by atoms with E-state index < -0.39 is 0 Å². The molecule has 1 aromatic heterocycles. The van der Waals surface area contributed by atoms with E-state index in [0.29, 0.717) is 16.2 Å². The zero-order valence-corrected chi connectivity index (χ0v) is 12.9. The molecule has 5 heteroatoms. The molecule has 0 aliphatic rings. The number of hydrogen-bond acceptors (Lipinski definition) is 3. The van der Waals surface area contributed by atoms with Crippen LogP contribution < -0.4 is 4.74 Å². The van der Waals surface area contributed by atoms with Gasteiger partial charge in [0.05, 0.1) is 7.11 Å². The SMILES string of the molecule is COc1ccsc1C(=O)c1ccc(Br)cc1Br. The first-order valence-corrected chi connectivity index (χ1v) is 7.21. The van der Waals surface area contributed by atoms with Crippen molar-refractivity contribution in [1.82, 2.24) is 0 Å². The van der Waals surface area contributed by atoms with E-state index in [1.165, 1.54) is 11.3 Å². The van der Waals surface area contributed by atoms with Gasteiger partial charge in [0.1, 0.15) is 10.6 Å². The lowest BCUT2D eigenvalue weighted by atomic mass is 10.1. The average molecular weight is 376 g/mol. The van der Waals surface area contributed by atoms with Crippen LogP contribution in [0.25, 0.3) is 0 Å². The number of benzene rings is 1. The van der Waals surface area contributed by atoms with Crippen LogP contribution in [0.5, 0.6) is 5.75 Å². The molecule has 1 heterocycles. The van der Waals surface area contributed by atoms with E-state index in [4.69, 9.17) is 4.74 Å². The number of thiophene rings is 1. The number of methoxy groups -OCH3 is 1. The Kier molecular flexibility index (Phi) is 4.01. The van der Waals surface area contributed by atoms with Gasteiger partial charge in [-0.25, -0.2) is 0 Å². The van der Waals surface area contributed by atoms with Crippen molar-refractivity contribution in [3.8, 4) is 5.75 Å². The molecular formula is C12H8Br2O2S. The lowest BCUT2D eigenvalue weighted by molar-refractivity contribution is 0.103. The minimum Gasteiger partial charge on any atom is -0.495 e. The van der Waals surface area contributed by atoms with E-state index in [1.807, 2.05) is 17.5 Å². The van der Waals surface area contributed by atoms with Crippen LogP contribution in [-0.4, -0.2) is 12.9 Å². The number of carbonyl (C=O) groups excluding carboxylic acids is 1. The largest absolute Gasteiger partial charge is 0.495 e. The van der Waals surface area contributed by atoms with Crippen molar-refractivity contribution in [3.05, 3.63) is 49.0 Å². The fourth-order valence-corrected chi connectivity index (χ4v) is 3.46. The lowest BCUT2D eigenvalue weighted by Crippen LogP contribution is -2.01. The molecule has 0 amide bonds. The van der Waals surface area contributed by atoms with E-state index in [2.05, 4.69) is 31.9 Å². The third-order valence-corrected chi connectivity index (χ3v) is 4.27. The zero-order valence-electron chi connectivity index (χ0n) is 8.87. The molecule has 0 saturated heterocycles. The maximum absolute atomic E-state index is 12.3. The van der Waals surface area contributed by atoms with Crippen molar-refractivity contribution in [2.24, 2.45) is 0 Å². The Bertz CT molecular complexity index is 563. The van der Waals surface area contributed by atoms with Crippen LogP contribution in [0, 0.1) is 0 Å². The van der Waals surface area contributed by atoms with Gasteiger partial charge in [0.25, 0.3) is 0 Å². The summed E-state index contributed by atoms with van der Waals surface area (Å²) in [5.41, 5.74) is 0.633. The summed E-state index contributed by atoms with van der Waals surface area (Å²) < 4.78 is 6.86. The predicted octanol–water partition coefficient (Wildman–Crippen LogP) is 4.51. The molecule has 0 N–H and O–H groups in total. The summed E-state index contributed by atoms with van der Waals surface area (Å²) >= 11 is 8.13. The third-order valence-electron chi connectivity index (χ3n) is 2.23. The Morgan fingerprint density at radius 1 is 1.29 bits per heavy atom. The minimum atomic E-state index is -0.0313. The molecule has 0 bridgehead atoms. The molecule has 0 fully saturated rings. The van der Waals surface area contributed by atoms with Crippen molar-refractivity contribution >= 4 is 49.0 Å². The van der Waals surface area contributed by atoms with E-state index >= 15 is 0 Å². The normalized spacial score (nSPS) is 10.3. The smallest absolute Gasteiger partial charge is 0.207 e. The van der Waals surface area contributed by atoms with Crippen LogP contribution in [0.15, 0.2) is 38.6 Å². The molecule has 2 aromatic rings. The van der Waals surface area contributed by atoms with Crippen LogP contribution in [0.4, 0.5) is 0 Å². The maximum atomic E-state index is 12.3. The van der Waals surface area contributed by atoms with Crippen LogP contribution in [0.1, 0.15) is 15.2 Å². The zero-order chi connectivity index (χ0) is 12.4. The molecular weight excluding hydrogens is 368 g/mol. The molecule has 17 heavy (non-hydrogen) atoms. The van der Waals surface area contributed by atoms with Crippen molar-refractivity contribution in [2.45, 2.75) is 0 Å². The fourth-order valence-electron chi connectivity index (χ4n) is 1.42. The van der Waals surface area contributed by atoms with Gasteiger partial charge in [0.2, 0.25) is 5.78 Å². The predicted molar refractivity (Wildman–Crippen MR) is 76.1 cm³/mol. The number of ketones is 1. The van der Waals surface area contributed by atoms with Gasteiger partial charge in [-0.2, -0.15) is 0 Å². The third kappa shape index (κ3) is 2.61. The van der Waals surface area contributed by atoms with Gasteiger partial charge in [-0.05, 0) is 45.6 Å². The minimum absolute atomic E-state index is 0.0313. The average Bonchev–Trinajstić information content (AvgIpc) is 2.76. The number of ether oxygens (including phenoxy) is 1. The van der Waals surface area contributed by atoms with Crippen molar-refractivity contribution in [3.63, 3.8) is 0 Å². The van der Waals surface area contributed by atoms with E-state index in [9.17, 15) is 4.79 Å². The molecule has 2 nitrogen and oxygen atoms in total. The summed E-state index contributed by atoms with van der Waals surface area (Å²) in [5.74, 6) is 0.589. The Hall–Kier alpha value is -0.650. The van der Waals surface area contributed by atoms with E-state index in [1.54, 1.807) is 19.2 Å². The molecule has 0 aliphatic carbocycles. The molecule has 0 unspecified atom stereocenters. The molecule has 0 radical (unpaired) electrons. The van der Waals surface area contributed by atoms with Crippen LogP contribution in [0.3, 0.4) is 0 Å². The highest BCUT2D eigenvalue weighted by molar-refractivity contribution is 9.11. The summed E-state index contributed by atoms with van der Waals surface area (Å²) in [6.45, 7) is 0. The highest BCUT2D eigenvalue weighted by atomic mass is 79.9. The van der Waals surface area contributed by atoms with Gasteiger partial charge in [-0.15, -0.1) is 11.3 Å². The first-order valence-electron chi connectivity index (χ1n) is 4.74. The molecule has 88 valence electrons. The molecule has 0 atom stereocenters. The molecule has 0 saturated carbocycles. The maximum Gasteiger partial charge on any atom is 0.207 e. The van der Waals surface area contributed by atoms with Gasteiger partial charge < -0.3 is 4.74 Å². The fraction of sp³-hybridized carbons (Fsp3) is 0.0833. The second-order valence-corrected chi connectivity index (χ2v) is 5.96. The number of halogens is 2. The number of rotatable bonds is 3. The Morgan fingerprint density at radius 3 is 2.71 bits per heavy atom. The Balaban J connectivity index is 2.44. The Labute approximate surface area is 120 Å². The second kappa shape index (κ2) is 5.33. The summed E-state index contributed by atoms with van der Waals surface area (Å²) in [6.07, 6.45) is 0. The lowest BCUT2D eigenvalue weighted by Gasteiger charge is -2.04. The quantitative estimate of drug-likeness (QED) is 0.737. The van der Waals surface area contributed by atoms with Crippen LogP contribution >= 0.6 is 43.2 Å². The molecule has 0 aliphatic heterocycles. The van der Waals surface area contributed by atoms with Gasteiger partial charge in [-0.3, -0.25) is 4.79 Å². The van der Waals surface area contributed by atoms with Gasteiger partial charge >= 0.3 is 0 Å².